The van der Waals surface area contributed by atoms with Crippen LogP contribution in [0.4, 0.5) is 0 Å². The summed E-state index contributed by atoms with van der Waals surface area (Å²) in [6.45, 7) is 2.66. The predicted octanol–water partition coefficient (Wildman–Crippen LogP) is 3.16. The van der Waals surface area contributed by atoms with Gasteiger partial charge in [-0.05, 0) is 35.2 Å². The van der Waals surface area contributed by atoms with Crippen LogP contribution in [0.15, 0.2) is 54.7 Å². The third kappa shape index (κ3) is 3.67. The number of nitrogens with zero attached hydrogens (tertiary/aromatic N) is 1. The zero-order valence-electron chi connectivity index (χ0n) is 14.6. The molecule has 1 amide bonds. The molecule has 4 rings (SSSR count). The van der Waals surface area contributed by atoms with E-state index >= 15 is 0 Å². The van der Waals surface area contributed by atoms with Crippen molar-refractivity contribution in [3.05, 3.63) is 60.3 Å². The Hall–Kier alpha value is -2.95. The average Bonchev–Trinajstić information content (AvgIpc) is 2.91. The number of nitrogens with one attached hydrogen (secondary N) is 1. The smallest absolute Gasteiger partial charge is 0.224 e. The van der Waals surface area contributed by atoms with Crippen molar-refractivity contribution in [2.75, 3.05) is 19.8 Å². The number of amides is 1. The fourth-order valence-corrected chi connectivity index (χ4v) is 3.22. The molecule has 0 fully saturated rings. The van der Waals surface area contributed by atoms with Crippen molar-refractivity contribution in [2.45, 2.75) is 19.4 Å². The van der Waals surface area contributed by atoms with Crippen molar-refractivity contribution in [3.63, 3.8) is 0 Å². The Bertz CT molecular complexity index is 917. The van der Waals surface area contributed by atoms with Gasteiger partial charge >= 0.3 is 0 Å². The van der Waals surface area contributed by atoms with Crippen LogP contribution in [0.25, 0.3) is 10.9 Å². The van der Waals surface area contributed by atoms with Gasteiger partial charge in [0.1, 0.15) is 0 Å². The van der Waals surface area contributed by atoms with Crippen LogP contribution in [0.5, 0.6) is 11.5 Å². The molecule has 0 radical (unpaired) electrons. The highest BCUT2D eigenvalue weighted by atomic mass is 16.5. The molecule has 0 spiro atoms. The Morgan fingerprint density at radius 3 is 2.81 bits per heavy atom. The molecule has 0 saturated carbocycles. The van der Waals surface area contributed by atoms with Gasteiger partial charge in [-0.3, -0.25) is 4.79 Å². The number of ether oxygens (including phenoxy) is 2. The summed E-state index contributed by atoms with van der Waals surface area (Å²) in [6, 6.07) is 16.0. The van der Waals surface area contributed by atoms with E-state index in [1.807, 2.05) is 30.3 Å². The summed E-state index contributed by atoms with van der Waals surface area (Å²) >= 11 is 0. The van der Waals surface area contributed by atoms with Crippen molar-refractivity contribution in [1.82, 2.24) is 9.88 Å². The molecule has 1 N–H and O–H groups in total. The van der Waals surface area contributed by atoms with E-state index in [0.29, 0.717) is 26.2 Å². The predicted molar refractivity (Wildman–Crippen MR) is 101 cm³/mol. The fraction of sp³-hybridized carbons (Fsp3) is 0.286. The normalized spacial score (nSPS) is 13.4. The molecule has 0 saturated heterocycles. The molecular formula is C21H22N2O3. The standard InChI is InChI=1S/C21H22N2O3/c24-21(15-16-6-7-19-20(14-16)26-13-3-12-25-19)22-9-11-23-10-8-17-4-1-2-5-18(17)23/h1-2,4-8,10,14H,3,9,11-13,15H2,(H,22,24). The molecule has 2 aromatic carbocycles. The highest BCUT2D eigenvalue weighted by Gasteiger charge is 2.12. The number of hydrogen-bond acceptors (Lipinski definition) is 3. The fourth-order valence-electron chi connectivity index (χ4n) is 3.22. The molecular weight excluding hydrogens is 328 g/mol. The highest BCUT2D eigenvalue weighted by molar-refractivity contribution is 5.80. The van der Waals surface area contributed by atoms with Gasteiger partial charge in [-0.2, -0.15) is 0 Å². The highest BCUT2D eigenvalue weighted by Crippen LogP contribution is 2.30. The van der Waals surface area contributed by atoms with E-state index in [-0.39, 0.29) is 5.91 Å². The van der Waals surface area contributed by atoms with Crippen LogP contribution in [0.1, 0.15) is 12.0 Å². The summed E-state index contributed by atoms with van der Waals surface area (Å²) < 4.78 is 13.5. The van der Waals surface area contributed by atoms with Crippen molar-refractivity contribution < 1.29 is 14.3 Å². The number of hydrogen-bond donors (Lipinski definition) is 1. The van der Waals surface area contributed by atoms with E-state index in [0.717, 1.165) is 30.0 Å². The molecule has 3 aromatic rings. The molecule has 5 heteroatoms. The van der Waals surface area contributed by atoms with Crippen molar-refractivity contribution in [3.8, 4) is 11.5 Å². The third-order valence-electron chi connectivity index (χ3n) is 4.53. The molecule has 134 valence electrons. The number of rotatable bonds is 5. The molecule has 5 nitrogen and oxygen atoms in total. The lowest BCUT2D eigenvalue weighted by Crippen LogP contribution is -2.28. The quantitative estimate of drug-likeness (QED) is 0.769. The van der Waals surface area contributed by atoms with Crippen molar-refractivity contribution >= 4 is 16.8 Å². The van der Waals surface area contributed by atoms with Crippen LogP contribution in [0, 0.1) is 0 Å². The Kier molecular flexibility index (Phi) is 4.78. The van der Waals surface area contributed by atoms with E-state index in [4.69, 9.17) is 9.47 Å². The topological polar surface area (TPSA) is 52.5 Å². The molecule has 1 aliphatic heterocycles. The lowest BCUT2D eigenvalue weighted by atomic mass is 10.1. The van der Waals surface area contributed by atoms with Crippen LogP contribution in [0.2, 0.25) is 0 Å². The zero-order chi connectivity index (χ0) is 17.8. The van der Waals surface area contributed by atoms with Gasteiger partial charge in [0.25, 0.3) is 0 Å². The first-order chi connectivity index (χ1) is 12.8. The lowest BCUT2D eigenvalue weighted by Gasteiger charge is -2.10. The van der Waals surface area contributed by atoms with Crippen LogP contribution in [-0.2, 0) is 17.8 Å². The van der Waals surface area contributed by atoms with Crippen LogP contribution in [-0.4, -0.2) is 30.2 Å². The van der Waals surface area contributed by atoms with Gasteiger partial charge in [-0.15, -0.1) is 0 Å². The van der Waals surface area contributed by atoms with Gasteiger partial charge in [-0.1, -0.05) is 24.3 Å². The maximum absolute atomic E-state index is 12.2. The van der Waals surface area contributed by atoms with Crippen LogP contribution in [0.3, 0.4) is 0 Å². The Morgan fingerprint density at radius 1 is 1.04 bits per heavy atom. The zero-order valence-corrected chi connectivity index (χ0v) is 14.6. The van der Waals surface area contributed by atoms with Crippen LogP contribution < -0.4 is 14.8 Å². The summed E-state index contributed by atoms with van der Waals surface area (Å²) in [5, 5.41) is 4.21. The maximum Gasteiger partial charge on any atom is 0.224 e. The number of benzene rings is 2. The summed E-state index contributed by atoms with van der Waals surface area (Å²) in [7, 11) is 0. The number of carbonyl (C=O) groups excluding carboxylic acids is 1. The summed E-state index contributed by atoms with van der Waals surface area (Å²) in [4.78, 5) is 12.2. The van der Waals surface area contributed by atoms with Gasteiger partial charge in [0.15, 0.2) is 11.5 Å². The summed E-state index contributed by atoms with van der Waals surface area (Å²) in [6.07, 6.45) is 3.27. The average molecular weight is 350 g/mol. The first-order valence-electron chi connectivity index (χ1n) is 8.99. The lowest BCUT2D eigenvalue weighted by molar-refractivity contribution is -0.120. The summed E-state index contributed by atoms with van der Waals surface area (Å²) in [5.41, 5.74) is 2.11. The summed E-state index contributed by atoms with van der Waals surface area (Å²) in [5.74, 6) is 1.49. The van der Waals surface area contributed by atoms with Gasteiger partial charge in [-0.25, -0.2) is 0 Å². The molecule has 26 heavy (non-hydrogen) atoms. The van der Waals surface area contributed by atoms with E-state index in [1.54, 1.807) is 0 Å². The minimum absolute atomic E-state index is 0.0101. The number of carbonyl (C=O) groups is 1. The second-order valence-corrected chi connectivity index (χ2v) is 6.43. The van der Waals surface area contributed by atoms with E-state index in [2.05, 4.69) is 34.3 Å². The second-order valence-electron chi connectivity index (χ2n) is 6.43. The van der Waals surface area contributed by atoms with Crippen molar-refractivity contribution in [2.24, 2.45) is 0 Å². The van der Waals surface area contributed by atoms with Gasteiger partial charge < -0.3 is 19.4 Å². The molecule has 1 aliphatic rings. The first-order valence-corrected chi connectivity index (χ1v) is 8.99. The second kappa shape index (κ2) is 7.52. The van der Waals surface area contributed by atoms with Gasteiger partial charge in [0, 0.05) is 31.2 Å². The van der Waals surface area contributed by atoms with Gasteiger partial charge in [0.05, 0.1) is 19.6 Å². The number of para-hydroxylation sites is 1. The van der Waals surface area contributed by atoms with E-state index in [1.165, 1.54) is 10.9 Å². The van der Waals surface area contributed by atoms with Gasteiger partial charge in [0.2, 0.25) is 5.91 Å². The first kappa shape index (κ1) is 16.5. The van der Waals surface area contributed by atoms with E-state index < -0.39 is 0 Å². The molecule has 0 aliphatic carbocycles. The molecule has 0 unspecified atom stereocenters. The van der Waals surface area contributed by atoms with Crippen molar-refractivity contribution in [1.29, 1.82) is 0 Å². The number of aromatic nitrogens is 1. The minimum Gasteiger partial charge on any atom is -0.490 e. The largest absolute Gasteiger partial charge is 0.490 e. The van der Waals surface area contributed by atoms with Crippen LogP contribution >= 0.6 is 0 Å². The maximum atomic E-state index is 12.2. The van der Waals surface area contributed by atoms with E-state index in [9.17, 15) is 4.79 Å². The number of fused-ring (bicyclic) bond motifs is 2. The molecule has 0 atom stereocenters. The molecule has 1 aromatic heterocycles. The molecule has 2 heterocycles. The third-order valence-corrected chi connectivity index (χ3v) is 4.53. The SMILES string of the molecule is O=C(Cc1ccc2c(c1)OCCCO2)NCCn1ccc2ccccc21. The monoisotopic (exact) mass is 350 g/mol. The Balaban J connectivity index is 1.32. The minimum atomic E-state index is 0.0101. The Morgan fingerprint density at radius 2 is 1.88 bits per heavy atom. The molecule has 0 bridgehead atoms. The Labute approximate surface area is 152 Å².